The maximum atomic E-state index is 11.7. The zero-order chi connectivity index (χ0) is 14.3. The lowest BCUT2D eigenvalue weighted by Gasteiger charge is -2.17. The van der Waals surface area contributed by atoms with Gasteiger partial charge in [0.1, 0.15) is 5.01 Å². The van der Waals surface area contributed by atoms with E-state index < -0.39 is 0 Å². The van der Waals surface area contributed by atoms with Crippen LogP contribution in [0.3, 0.4) is 0 Å². The number of thiazole rings is 1. The van der Waals surface area contributed by atoms with Gasteiger partial charge in [0.2, 0.25) is 0 Å². The minimum atomic E-state index is -0.374. The van der Waals surface area contributed by atoms with Crippen LogP contribution in [0.5, 0.6) is 0 Å². The third-order valence-electron chi connectivity index (χ3n) is 2.96. The second-order valence-corrected chi connectivity index (χ2v) is 5.76. The summed E-state index contributed by atoms with van der Waals surface area (Å²) in [6.45, 7) is 6.40. The van der Waals surface area contributed by atoms with Gasteiger partial charge < -0.3 is 15.7 Å². The zero-order valence-electron chi connectivity index (χ0n) is 11.7. The molecule has 0 aliphatic carbocycles. The molecule has 19 heavy (non-hydrogen) atoms. The highest BCUT2D eigenvalue weighted by Crippen LogP contribution is 2.18. The molecule has 0 aliphatic heterocycles. The standard InChI is InChI=1S/C13H23N3O2S/c1-4-10(12-14-7-8-19-12)16-13(18)15-6-5-11(17)9(2)3/h7-11,17H,4-6H2,1-3H3,(H2,15,16,18). The second kappa shape index (κ2) is 8.12. The number of rotatable bonds is 7. The lowest BCUT2D eigenvalue weighted by molar-refractivity contribution is 0.116. The largest absolute Gasteiger partial charge is 0.393 e. The topological polar surface area (TPSA) is 74.2 Å². The Bertz CT molecular complexity index is 368. The third-order valence-corrected chi connectivity index (χ3v) is 3.85. The van der Waals surface area contributed by atoms with Gasteiger partial charge in [-0.3, -0.25) is 0 Å². The fourth-order valence-corrected chi connectivity index (χ4v) is 2.39. The molecular formula is C13H23N3O2S. The second-order valence-electron chi connectivity index (χ2n) is 4.83. The maximum Gasteiger partial charge on any atom is 0.315 e. The fraction of sp³-hybridized carbons (Fsp3) is 0.692. The van der Waals surface area contributed by atoms with Crippen LogP contribution in [0.25, 0.3) is 0 Å². The van der Waals surface area contributed by atoms with Crippen molar-refractivity contribution >= 4 is 17.4 Å². The minimum Gasteiger partial charge on any atom is -0.393 e. The molecule has 0 saturated heterocycles. The first-order chi connectivity index (χ1) is 9.04. The number of nitrogens with one attached hydrogen (secondary N) is 2. The Kier molecular flexibility index (Phi) is 6.80. The SMILES string of the molecule is CCC(NC(=O)NCCC(O)C(C)C)c1nccs1. The molecule has 1 heterocycles. The van der Waals surface area contributed by atoms with Gasteiger partial charge in [-0.15, -0.1) is 11.3 Å². The number of aliphatic hydroxyl groups is 1. The minimum absolute atomic E-state index is 0.0463. The van der Waals surface area contributed by atoms with Gasteiger partial charge >= 0.3 is 6.03 Å². The van der Waals surface area contributed by atoms with Crippen molar-refractivity contribution in [2.24, 2.45) is 5.92 Å². The average molecular weight is 285 g/mol. The molecule has 5 nitrogen and oxygen atoms in total. The summed E-state index contributed by atoms with van der Waals surface area (Å²) < 4.78 is 0. The Morgan fingerprint density at radius 3 is 2.79 bits per heavy atom. The number of hydrogen-bond donors (Lipinski definition) is 3. The van der Waals surface area contributed by atoms with Gasteiger partial charge in [-0.1, -0.05) is 20.8 Å². The molecule has 108 valence electrons. The van der Waals surface area contributed by atoms with E-state index in [-0.39, 0.29) is 24.1 Å². The molecule has 0 spiro atoms. The molecule has 0 saturated carbocycles. The molecule has 2 amide bonds. The van der Waals surface area contributed by atoms with E-state index in [1.807, 2.05) is 26.2 Å². The lowest BCUT2D eigenvalue weighted by Crippen LogP contribution is -2.39. The maximum absolute atomic E-state index is 11.7. The van der Waals surface area contributed by atoms with E-state index in [0.717, 1.165) is 11.4 Å². The summed E-state index contributed by atoms with van der Waals surface area (Å²) in [6.07, 6.45) is 2.73. The summed E-state index contributed by atoms with van der Waals surface area (Å²) in [7, 11) is 0. The molecule has 1 aromatic heterocycles. The van der Waals surface area contributed by atoms with E-state index in [1.165, 1.54) is 11.3 Å². The number of carbonyl (C=O) groups is 1. The molecule has 0 fully saturated rings. The lowest BCUT2D eigenvalue weighted by atomic mass is 10.0. The van der Waals surface area contributed by atoms with Crippen molar-refractivity contribution in [1.82, 2.24) is 15.6 Å². The van der Waals surface area contributed by atoms with Crippen molar-refractivity contribution in [3.8, 4) is 0 Å². The van der Waals surface area contributed by atoms with Crippen molar-refractivity contribution in [1.29, 1.82) is 0 Å². The Balaban J connectivity index is 2.30. The van der Waals surface area contributed by atoms with Crippen LogP contribution in [0, 0.1) is 5.92 Å². The number of nitrogens with zero attached hydrogens (tertiary/aromatic N) is 1. The van der Waals surface area contributed by atoms with Crippen LogP contribution in [-0.4, -0.2) is 28.8 Å². The van der Waals surface area contributed by atoms with Gasteiger partial charge in [0.25, 0.3) is 0 Å². The number of amides is 2. The summed E-state index contributed by atoms with van der Waals surface area (Å²) in [5, 5.41) is 18.1. The third kappa shape index (κ3) is 5.57. The monoisotopic (exact) mass is 285 g/mol. The number of carbonyl (C=O) groups excluding carboxylic acids is 1. The van der Waals surface area contributed by atoms with Crippen LogP contribution in [-0.2, 0) is 0 Å². The van der Waals surface area contributed by atoms with Crippen LogP contribution < -0.4 is 10.6 Å². The summed E-state index contributed by atoms with van der Waals surface area (Å²) in [5.41, 5.74) is 0. The van der Waals surface area contributed by atoms with Crippen molar-refractivity contribution < 1.29 is 9.90 Å². The van der Waals surface area contributed by atoms with E-state index in [0.29, 0.717) is 13.0 Å². The normalized spacial score (nSPS) is 14.2. The Morgan fingerprint density at radius 2 is 2.26 bits per heavy atom. The summed E-state index contributed by atoms with van der Waals surface area (Å²) in [4.78, 5) is 15.9. The smallest absolute Gasteiger partial charge is 0.315 e. The molecule has 2 atom stereocenters. The molecule has 3 N–H and O–H groups in total. The first kappa shape index (κ1) is 15.9. The quantitative estimate of drug-likeness (QED) is 0.719. The predicted octanol–water partition coefficient (Wildman–Crippen LogP) is 2.30. The average Bonchev–Trinajstić information content (AvgIpc) is 2.89. The van der Waals surface area contributed by atoms with Crippen LogP contribution in [0.1, 0.15) is 44.7 Å². The number of hydrogen-bond acceptors (Lipinski definition) is 4. The fourth-order valence-electron chi connectivity index (χ4n) is 1.62. The van der Waals surface area contributed by atoms with Gasteiger partial charge in [-0.25, -0.2) is 9.78 Å². The van der Waals surface area contributed by atoms with E-state index in [2.05, 4.69) is 15.6 Å². The molecule has 6 heteroatoms. The highest BCUT2D eigenvalue weighted by atomic mass is 32.1. The number of aliphatic hydroxyl groups excluding tert-OH is 1. The Labute approximate surface area is 118 Å². The molecule has 2 unspecified atom stereocenters. The summed E-state index contributed by atoms with van der Waals surface area (Å²) >= 11 is 1.54. The van der Waals surface area contributed by atoms with Crippen molar-refractivity contribution in [3.05, 3.63) is 16.6 Å². The van der Waals surface area contributed by atoms with Crippen LogP contribution >= 0.6 is 11.3 Å². The van der Waals surface area contributed by atoms with Gasteiger partial charge in [0.05, 0.1) is 12.1 Å². The van der Waals surface area contributed by atoms with Crippen molar-refractivity contribution in [2.75, 3.05) is 6.54 Å². The number of aromatic nitrogens is 1. The van der Waals surface area contributed by atoms with Crippen molar-refractivity contribution in [3.63, 3.8) is 0 Å². The van der Waals surface area contributed by atoms with Crippen LogP contribution in [0.2, 0.25) is 0 Å². The first-order valence-corrected chi connectivity index (χ1v) is 7.54. The molecular weight excluding hydrogens is 262 g/mol. The molecule has 1 rings (SSSR count). The van der Waals surface area contributed by atoms with E-state index in [1.54, 1.807) is 6.20 Å². The van der Waals surface area contributed by atoms with E-state index in [9.17, 15) is 9.90 Å². The zero-order valence-corrected chi connectivity index (χ0v) is 12.5. The van der Waals surface area contributed by atoms with Gasteiger partial charge in [0.15, 0.2) is 0 Å². The van der Waals surface area contributed by atoms with Crippen LogP contribution in [0.4, 0.5) is 4.79 Å². The van der Waals surface area contributed by atoms with E-state index >= 15 is 0 Å². The highest BCUT2D eigenvalue weighted by molar-refractivity contribution is 7.09. The molecule has 1 aromatic rings. The number of urea groups is 1. The summed E-state index contributed by atoms with van der Waals surface area (Å²) in [6, 6.07) is -0.256. The Hall–Kier alpha value is -1.14. The molecule has 0 radical (unpaired) electrons. The van der Waals surface area contributed by atoms with Crippen LogP contribution in [0.15, 0.2) is 11.6 Å². The van der Waals surface area contributed by atoms with Gasteiger partial charge in [-0.2, -0.15) is 0 Å². The van der Waals surface area contributed by atoms with Gasteiger partial charge in [-0.05, 0) is 18.8 Å². The predicted molar refractivity (Wildman–Crippen MR) is 77.1 cm³/mol. The molecule has 0 bridgehead atoms. The summed E-state index contributed by atoms with van der Waals surface area (Å²) in [5.74, 6) is 0.212. The van der Waals surface area contributed by atoms with Gasteiger partial charge in [0, 0.05) is 18.1 Å². The molecule has 0 aromatic carbocycles. The van der Waals surface area contributed by atoms with E-state index in [4.69, 9.17) is 0 Å². The highest BCUT2D eigenvalue weighted by Gasteiger charge is 2.15. The Morgan fingerprint density at radius 1 is 1.53 bits per heavy atom. The molecule has 0 aliphatic rings. The first-order valence-electron chi connectivity index (χ1n) is 6.66. The van der Waals surface area contributed by atoms with Crippen molar-refractivity contribution in [2.45, 2.75) is 45.8 Å².